The molecule has 0 radical (unpaired) electrons. The largest absolute Gasteiger partial charge is 0.491 e. The van der Waals surface area contributed by atoms with E-state index in [-0.39, 0.29) is 11.7 Å². The molecule has 2 atom stereocenters. The fourth-order valence-corrected chi connectivity index (χ4v) is 2.62. The van der Waals surface area contributed by atoms with Crippen LogP contribution in [0.15, 0.2) is 12.1 Å². The summed E-state index contributed by atoms with van der Waals surface area (Å²) in [6, 6.07) is 3.82. The highest BCUT2D eigenvalue weighted by molar-refractivity contribution is 6.35. The van der Waals surface area contributed by atoms with Crippen LogP contribution < -0.4 is 4.74 Å². The number of rotatable bonds is 2. The summed E-state index contributed by atoms with van der Waals surface area (Å²) in [4.78, 5) is 12.1. The molecule has 2 aliphatic rings. The van der Waals surface area contributed by atoms with E-state index in [1.807, 2.05) is 12.1 Å². The molecule has 1 saturated carbocycles. The lowest BCUT2D eigenvalue weighted by Gasteiger charge is -2.07. The summed E-state index contributed by atoms with van der Waals surface area (Å²) >= 11 is 6.22. The fraction of sp³-hybridized carbons (Fsp3) is 0.462. The van der Waals surface area contributed by atoms with Crippen LogP contribution in [0.2, 0.25) is 5.02 Å². The Kier molecular flexibility index (Phi) is 2.21. The van der Waals surface area contributed by atoms with Crippen molar-refractivity contribution in [1.29, 1.82) is 0 Å². The second-order valence-corrected chi connectivity index (χ2v) is 5.08. The van der Waals surface area contributed by atoms with Gasteiger partial charge in [-0.1, -0.05) is 24.6 Å². The van der Waals surface area contributed by atoms with Crippen LogP contribution >= 0.6 is 11.6 Å². The summed E-state index contributed by atoms with van der Waals surface area (Å²) in [5.41, 5.74) is 1.75. The van der Waals surface area contributed by atoms with Gasteiger partial charge < -0.3 is 4.74 Å². The first-order valence-electron chi connectivity index (χ1n) is 5.67. The Labute approximate surface area is 99.6 Å². The third-order valence-corrected chi connectivity index (χ3v) is 3.88. The molecule has 0 saturated heterocycles. The molecule has 16 heavy (non-hydrogen) atoms. The first-order chi connectivity index (χ1) is 7.68. The van der Waals surface area contributed by atoms with Gasteiger partial charge in [-0.05, 0) is 24.0 Å². The minimum absolute atomic E-state index is 0.177. The molecule has 0 amide bonds. The molecule has 1 fully saturated rings. The zero-order valence-electron chi connectivity index (χ0n) is 9.13. The molecule has 84 valence electrons. The van der Waals surface area contributed by atoms with Gasteiger partial charge >= 0.3 is 0 Å². The van der Waals surface area contributed by atoms with Crippen LogP contribution in [-0.4, -0.2) is 12.4 Å². The van der Waals surface area contributed by atoms with Gasteiger partial charge in [-0.25, -0.2) is 0 Å². The number of halogens is 1. The van der Waals surface area contributed by atoms with E-state index in [0.29, 0.717) is 23.1 Å². The molecule has 3 heteroatoms. The van der Waals surface area contributed by atoms with Gasteiger partial charge in [-0.15, -0.1) is 0 Å². The number of ketones is 1. The predicted octanol–water partition coefficient (Wildman–Crippen LogP) is 3.11. The van der Waals surface area contributed by atoms with Gasteiger partial charge in [0, 0.05) is 17.9 Å². The zero-order chi connectivity index (χ0) is 11.3. The van der Waals surface area contributed by atoms with Gasteiger partial charge in [0.2, 0.25) is 0 Å². The highest BCUT2D eigenvalue weighted by Crippen LogP contribution is 2.43. The fourth-order valence-electron chi connectivity index (χ4n) is 2.29. The van der Waals surface area contributed by atoms with E-state index in [1.54, 1.807) is 0 Å². The molecule has 1 aromatic carbocycles. The topological polar surface area (TPSA) is 26.3 Å². The summed E-state index contributed by atoms with van der Waals surface area (Å²) < 4.78 is 5.46. The predicted molar refractivity (Wildman–Crippen MR) is 62.3 cm³/mol. The van der Waals surface area contributed by atoms with Crippen LogP contribution in [0.3, 0.4) is 0 Å². The number of hydrogen-bond acceptors (Lipinski definition) is 2. The van der Waals surface area contributed by atoms with Crippen molar-refractivity contribution in [2.75, 3.05) is 6.61 Å². The molecule has 0 aromatic heterocycles. The quantitative estimate of drug-likeness (QED) is 0.738. The van der Waals surface area contributed by atoms with E-state index in [1.165, 1.54) is 0 Å². The van der Waals surface area contributed by atoms with Crippen molar-refractivity contribution in [3.05, 3.63) is 28.3 Å². The lowest BCUT2D eigenvalue weighted by molar-refractivity contribution is 0.0962. The van der Waals surface area contributed by atoms with Crippen LogP contribution in [0.25, 0.3) is 0 Å². The van der Waals surface area contributed by atoms with E-state index in [2.05, 4.69) is 6.92 Å². The Balaban J connectivity index is 1.99. The number of carbonyl (C=O) groups excluding carboxylic acids is 1. The lowest BCUT2D eigenvalue weighted by Crippen LogP contribution is -2.04. The Morgan fingerprint density at radius 1 is 1.50 bits per heavy atom. The van der Waals surface area contributed by atoms with Gasteiger partial charge in [0.1, 0.15) is 5.75 Å². The molecule has 0 bridgehead atoms. The Bertz CT molecular complexity index is 467. The van der Waals surface area contributed by atoms with Crippen LogP contribution in [0.1, 0.15) is 29.3 Å². The molecular weight excluding hydrogens is 224 g/mol. The minimum Gasteiger partial charge on any atom is -0.491 e. The number of Topliss-reactive ketones (excluding diaryl/α,β-unsaturated/α-hetero) is 1. The van der Waals surface area contributed by atoms with Crippen molar-refractivity contribution >= 4 is 17.4 Å². The summed E-state index contributed by atoms with van der Waals surface area (Å²) in [6.45, 7) is 2.77. The number of benzene rings is 1. The van der Waals surface area contributed by atoms with E-state index < -0.39 is 0 Å². The second kappa shape index (κ2) is 3.49. The van der Waals surface area contributed by atoms with Crippen molar-refractivity contribution < 1.29 is 9.53 Å². The van der Waals surface area contributed by atoms with Gasteiger partial charge in [0.25, 0.3) is 0 Å². The molecule has 0 N–H and O–H groups in total. The van der Waals surface area contributed by atoms with E-state index >= 15 is 0 Å². The first-order valence-corrected chi connectivity index (χ1v) is 6.04. The minimum atomic E-state index is 0.177. The normalized spacial score (nSPS) is 26.1. The van der Waals surface area contributed by atoms with E-state index in [0.717, 1.165) is 24.2 Å². The first kappa shape index (κ1) is 10.2. The van der Waals surface area contributed by atoms with Crippen molar-refractivity contribution in [2.24, 2.45) is 11.8 Å². The Morgan fingerprint density at radius 3 is 2.94 bits per heavy atom. The zero-order valence-corrected chi connectivity index (χ0v) is 9.88. The van der Waals surface area contributed by atoms with E-state index in [4.69, 9.17) is 16.3 Å². The van der Waals surface area contributed by atoms with Crippen molar-refractivity contribution in [1.82, 2.24) is 0 Å². The highest BCUT2D eigenvalue weighted by Gasteiger charge is 2.40. The average Bonchev–Trinajstić information content (AvgIpc) is 2.80. The molecule has 1 aliphatic carbocycles. The summed E-state index contributed by atoms with van der Waals surface area (Å²) in [7, 11) is 0. The smallest absolute Gasteiger partial charge is 0.167 e. The summed E-state index contributed by atoms with van der Waals surface area (Å²) in [6.07, 6.45) is 1.89. The highest BCUT2D eigenvalue weighted by atomic mass is 35.5. The van der Waals surface area contributed by atoms with Crippen molar-refractivity contribution in [3.8, 4) is 5.75 Å². The Morgan fingerprint density at radius 2 is 2.25 bits per heavy atom. The van der Waals surface area contributed by atoms with Crippen molar-refractivity contribution in [3.63, 3.8) is 0 Å². The maximum absolute atomic E-state index is 12.1. The number of fused-ring (bicyclic) bond motifs is 1. The van der Waals surface area contributed by atoms with Gasteiger partial charge in [-0.2, -0.15) is 0 Å². The van der Waals surface area contributed by atoms with Gasteiger partial charge in [0.05, 0.1) is 11.6 Å². The summed E-state index contributed by atoms with van der Waals surface area (Å²) in [5, 5.41) is 0.513. The van der Waals surface area contributed by atoms with Crippen LogP contribution in [0.4, 0.5) is 0 Å². The lowest BCUT2D eigenvalue weighted by atomic mass is 10.0. The molecule has 1 heterocycles. The molecule has 1 aliphatic heterocycles. The molecule has 2 nitrogen and oxygen atoms in total. The Hall–Kier alpha value is -1.02. The number of ether oxygens (including phenoxy) is 1. The third-order valence-electron chi connectivity index (χ3n) is 3.51. The van der Waals surface area contributed by atoms with Crippen LogP contribution in [0, 0.1) is 11.8 Å². The maximum atomic E-state index is 12.1. The van der Waals surface area contributed by atoms with Crippen LogP contribution in [-0.2, 0) is 6.42 Å². The second-order valence-electron chi connectivity index (χ2n) is 4.70. The van der Waals surface area contributed by atoms with Gasteiger partial charge in [0.15, 0.2) is 5.78 Å². The monoisotopic (exact) mass is 236 g/mol. The molecular formula is C13H13ClO2. The standard InChI is InChI=1S/C13H13ClO2/c1-7-6-10(7)12(15)9-3-2-8-4-5-16-13(8)11(9)14/h2-3,7,10H,4-6H2,1H3/t7-,10-/m0/s1. The average molecular weight is 237 g/mol. The SMILES string of the molecule is C[C@H]1C[C@@H]1C(=O)c1ccc2c(c1Cl)OCC2. The summed E-state index contributed by atoms with van der Waals surface area (Å²) in [5.74, 6) is 1.59. The van der Waals surface area contributed by atoms with E-state index in [9.17, 15) is 4.79 Å². The van der Waals surface area contributed by atoms with Crippen LogP contribution in [0.5, 0.6) is 5.75 Å². The van der Waals surface area contributed by atoms with Crippen molar-refractivity contribution in [2.45, 2.75) is 19.8 Å². The maximum Gasteiger partial charge on any atom is 0.167 e. The molecule has 0 unspecified atom stereocenters. The molecule has 3 rings (SSSR count). The number of hydrogen-bond donors (Lipinski definition) is 0. The molecule has 0 spiro atoms. The van der Waals surface area contributed by atoms with Gasteiger partial charge in [-0.3, -0.25) is 4.79 Å². The molecule has 1 aromatic rings. The number of carbonyl (C=O) groups is 1. The third kappa shape index (κ3) is 1.44.